The molecule has 6 unspecified atom stereocenters. The molecule has 0 aliphatic heterocycles. The first-order chi connectivity index (χ1) is 15.4. The van der Waals surface area contributed by atoms with Gasteiger partial charge >= 0.3 is 11.9 Å². The van der Waals surface area contributed by atoms with Gasteiger partial charge in [-0.25, -0.2) is 9.59 Å². The molecular formula is C28H40O4. The van der Waals surface area contributed by atoms with Crippen LogP contribution in [0.2, 0.25) is 0 Å². The van der Waals surface area contributed by atoms with E-state index in [4.69, 9.17) is 9.47 Å². The summed E-state index contributed by atoms with van der Waals surface area (Å²) in [6, 6.07) is 0. The highest BCUT2D eigenvalue weighted by molar-refractivity contribution is 5.92. The van der Waals surface area contributed by atoms with E-state index in [1.807, 2.05) is 0 Å². The maximum absolute atomic E-state index is 12.9. The van der Waals surface area contributed by atoms with Crippen molar-refractivity contribution in [2.45, 2.75) is 102 Å². The number of hydrogen-bond donors (Lipinski definition) is 0. The highest BCUT2D eigenvalue weighted by Gasteiger charge is 2.59. The van der Waals surface area contributed by atoms with Crippen molar-refractivity contribution in [3.05, 3.63) is 12.2 Å². The van der Waals surface area contributed by atoms with Crippen molar-refractivity contribution in [1.29, 1.82) is 0 Å². The van der Waals surface area contributed by atoms with Gasteiger partial charge in [0, 0.05) is 24.0 Å². The van der Waals surface area contributed by atoms with Gasteiger partial charge in [0.05, 0.1) is 0 Å². The van der Waals surface area contributed by atoms with Crippen LogP contribution in [-0.4, -0.2) is 23.1 Å². The second-order valence-electron chi connectivity index (χ2n) is 12.5. The Bertz CT molecular complexity index is 720. The Morgan fingerprint density at radius 3 is 1.31 bits per heavy atom. The Balaban J connectivity index is 1.12. The van der Waals surface area contributed by atoms with E-state index in [9.17, 15) is 9.59 Å². The van der Waals surface area contributed by atoms with Crippen molar-refractivity contribution in [1.82, 2.24) is 0 Å². The van der Waals surface area contributed by atoms with Gasteiger partial charge in [-0.2, -0.15) is 0 Å². The molecular weight excluding hydrogens is 400 g/mol. The molecule has 0 aromatic carbocycles. The first-order valence-electron chi connectivity index (χ1n) is 13.6. The minimum absolute atomic E-state index is 0.290. The van der Waals surface area contributed by atoms with E-state index < -0.39 is 0 Å². The summed E-state index contributed by atoms with van der Waals surface area (Å²) in [6.07, 6.45) is 16.9. The largest absolute Gasteiger partial charge is 0.456 e. The zero-order valence-electron chi connectivity index (χ0n) is 19.9. The molecule has 8 bridgehead atoms. The minimum atomic E-state index is -0.347. The summed E-state index contributed by atoms with van der Waals surface area (Å²) in [5.41, 5.74) is -0.579. The van der Waals surface area contributed by atoms with Crippen molar-refractivity contribution in [2.24, 2.45) is 47.3 Å². The molecule has 0 N–H and O–H groups in total. The number of ether oxygens (including phenoxy) is 2. The molecule has 0 radical (unpaired) electrons. The van der Waals surface area contributed by atoms with E-state index in [0.29, 0.717) is 11.8 Å². The highest BCUT2D eigenvalue weighted by Crippen LogP contribution is 2.62. The molecule has 0 heterocycles. The van der Waals surface area contributed by atoms with Crippen LogP contribution in [-0.2, 0) is 19.1 Å². The van der Waals surface area contributed by atoms with Crippen molar-refractivity contribution >= 4 is 11.9 Å². The monoisotopic (exact) mass is 440 g/mol. The molecule has 0 spiro atoms. The SMILES string of the molecule is CCC1C2CC3CC(C2)CC1(OC(=O)/C=C/C(=O)OC12CC4CC(CC(C4)C1CC)C2)C3. The Kier molecular flexibility index (Phi) is 5.04. The molecule has 32 heavy (non-hydrogen) atoms. The third-order valence-electron chi connectivity index (χ3n) is 10.7. The summed E-state index contributed by atoms with van der Waals surface area (Å²) in [4.78, 5) is 25.7. The van der Waals surface area contributed by atoms with Gasteiger partial charge in [0.15, 0.2) is 0 Å². The number of carbonyl (C=O) groups excluding carboxylic acids is 2. The second kappa shape index (κ2) is 7.60. The van der Waals surface area contributed by atoms with Crippen LogP contribution < -0.4 is 0 Å². The topological polar surface area (TPSA) is 52.6 Å². The third kappa shape index (κ3) is 3.29. The van der Waals surface area contributed by atoms with E-state index >= 15 is 0 Å². The molecule has 0 saturated heterocycles. The van der Waals surface area contributed by atoms with Crippen molar-refractivity contribution in [2.75, 3.05) is 0 Å². The van der Waals surface area contributed by atoms with Crippen molar-refractivity contribution < 1.29 is 19.1 Å². The lowest BCUT2D eigenvalue weighted by Crippen LogP contribution is -2.59. The normalized spacial score (nSPS) is 50.2. The van der Waals surface area contributed by atoms with Gasteiger partial charge in [-0.15, -0.1) is 0 Å². The van der Waals surface area contributed by atoms with Gasteiger partial charge in [-0.1, -0.05) is 13.8 Å². The molecule has 8 saturated carbocycles. The average molecular weight is 441 g/mol. The zero-order chi connectivity index (χ0) is 22.1. The summed E-state index contributed by atoms with van der Waals surface area (Å²) in [5, 5.41) is 0. The smallest absolute Gasteiger partial charge is 0.331 e. The lowest BCUT2D eigenvalue weighted by Gasteiger charge is -2.60. The fraction of sp³-hybridized carbons (Fsp3) is 0.857. The summed E-state index contributed by atoms with van der Waals surface area (Å²) in [7, 11) is 0. The van der Waals surface area contributed by atoms with Crippen LogP contribution in [0.3, 0.4) is 0 Å². The van der Waals surface area contributed by atoms with Gasteiger partial charge in [-0.3, -0.25) is 0 Å². The van der Waals surface area contributed by atoms with Crippen LogP contribution in [0.25, 0.3) is 0 Å². The van der Waals surface area contributed by atoms with Crippen LogP contribution >= 0.6 is 0 Å². The molecule has 8 aliphatic rings. The fourth-order valence-corrected chi connectivity index (χ4v) is 10.5. The van der Waals surface area contributed by atoms with E-state index in [1.165, 1.54) is 50.7 Å². The fourth-order valence-electron chi connectivity index (χ4n) is 10.5. The second-order valence-corrected chi connectivity index (χ2v) is 12.5. The predicted octanol–water partition coefficient (Wildman–Crippen LogP) is 5.84. The first kappa shape index (κ1) is 21.2. The molecule has 0 aromatic rings. The zero-order valence-corrected chi connectivity index (χ0v) is 19.9. The molecule has 6 atom stereocenters. The molecule has 4 heteroatoms. The molecule has 8 aliphatic carbocycles. The Labute approximate surface area is 192 Å². The summed E-state index contributed by atoms with van der Waals surface area (Å²) in [5.74, 6) is 4.59. The van der Waals surface area contributed by atoms with Gasteiger partial charge in [0.25, 0.3) is 0 Å². The van der Waals surface area contributed by atoms with Crippen molar-refractivity contribution in [3.8, 4) is 0 Å². The van der Waals surface area contributed by atoms with Gasteiger partial charge in [-0.05, 0) is 113 Å². The van der Waals surface area contributed by atoms with E-state index in [0.717, 1.165) is 74.0 Å². The van der Waals surface area contributed by atoms with E-state index in [-0.39, 0.29) is 23.1 Å². The Morgan fingerprint density at radius 1 is 0.656 bits per heavy atom. The van der Waals surface area contributed by atoms with Crippen molar-refractivity contribution in [3.63, 3.8) is 0 Å². The van der Waals surface area contributed by atoms with Crippen LogP contribution in [0.15, 0.2) is 12.2 Å². The van der Waals surface area contributed by atoms with Gasteiger partial charge < -0.3 is 9.47 Å². The summed E-state index contributed by atoms with van der Waals surface area (Å²) in [6.45, 7) is 4.48. The minimum Gasteiger partial charge on any atom is -0.456 e. The van der Waals surface area contributed by atoms with E-state index in [2.05, 4.69) is 13.8 Å². The Hall–Kier alpha value is -1.32. The molecule has 0 amide bonds. The molecule has 8 rings (SSSR count). The van der Waals surface area contributed by atoms with Gasteiger partial charge in [0.2, 0.25) is 0 Å². The highest BCUT2D eigenvalue weighted by atomic mass is 16.6. The first-order valence-corrected chi connectivity index (χ1v) is 13.6. The maximum atomic E-state index is 12.9. The molecule has 0 aromatic heterocycles. The maximum Gasteiger partial charge on any atom is 0.331 e. The number of esters is 2. The molecule has 8 fully saturated rings. The molecule has 4 nitrogen and oxygen atoms in total. The van der Waals surface area contributed by atoms with Gasteiger partial charge in [0.1, 0.15) is 11.2 Å². The Morgan fingerprint density at radius 2 is 1.00 bits per heavy atom. The third-order valence-corrected chi connectivity index (χ3v) is 10.7. The van der Waals surface area contributed by atoms with Crippen LogP contribution in [0.5, 0.6) is 0 Å². The average Bonchev–Trinajstić information content (AvgIpc) is 2.71. The van der Waals surface area contributed by atoms with Crippen LogP contribution in [0, 0.1) is 47.3 Å². The number of hydrogen-bond acceptors (Lipinski definition) is 4. The van der Waals surface area contributed by atoms with Crippen LogP contribution in [0.4, 0.5) is 0 Å². The summed E-state index contributed by atoms with van der Waals surface area (Å²) >= 11 is 0. The lowest BCUT2D eigenvalue weighted by molar-refractivity contribution is -0.206. The quantitative estimate of drug-likeness (QED) is 0.385. The van der Waals surface area contributed by atoms with E-state index in [1.54, 1.807) is 0 Å². The number of carbonyl (C=O) groups is 2. The summed E-state index contributed by atoms with van der Waals surface area (Å²) < 4.78 is 12.4. The number of rotatable bonds is 6. The molecule has 176 valence electrons. The standard InChI is InChI=1S/C28H40O4/c1-3-23-21-9-17-7-18(10-21)14-27(23,13-17)31-25(29)5-6-26(30)32-28-15-19-8-20(16-28)12-22(11-19)24(28)4-2/h5-6,17-24H,3-4,7-16H2,1-2H3/b6-5+. The lowest BCUT2D eigenvalue weighted by atomic mass is 9.49. The predicted molar refractivity (Wildman–Crippen MR) is 121 cm³/mol. The van der Waals surface area contributed by atoms with Crippen LogP contribution in [0.1, 0.15) is 90.9 Å².